The number of nitrogens with two attached hydrogens (primary N) is 3. The minimum Gasteiger partial charge on any atom is -0.481 e. The molecule has 0 aromatic rings. The van der Waals surface area contributed by atoms with Crippen LogP contribution in [-0.4, -0.2) is 116 Å². The average molecular weight is 685 g/mol. The molecular formula is C26H44N12O10. The van der Waals surface area contributed by atoms with Crippen LogP contribution in [0.1, 0.15) is 59.3 Å². The number of nitrogens with zero attached hydrogens (tertiary/aromatic N) is 2. The number of hydrogen-bond acceptors (Lipinski definition) is 10. The Morgan fingerprint density at radius 3 is 1.90 bits per heavy atom. The second-order valence-electron chi connectivity index (χ2n) is 11.3. The Balaban J connectivity index is 3.67. The molecule has 0 saturated carbocycles. The summed E-state index contributed by atoms with van der Waals surface area (Å²) in [6.07, 6.45) is -2.97. The largest absolute Gasteiger partial charge is 0.481 e. The van der Waals surface area contributed by atoms with Crippen LogP contribution in [0.2, 0.25) is 0 Å². The molecule has 0 unspecified atom stereocenters. The van der Waals surface area contributed by atoms with Gasteiger partial charge in [0, 0.05) is 20.0 Å². The monoisotopic (exact) mass is 684 g/mol. The van der Waals surface area contributed by atoms with E-state index >= 15 is 0 Å². The number of carbonyl (C=O) groups excluding carboxylic acids is 6. The van der Waals surface area contributed by atoms with Gasteiger partial charge >= 0.3 is 18.0 Å². The lowest BCUT2D eigenvalue weighted by atomic mass is 9.87. The zero-order chi connectivity index (χ0) is 36.9. The number of urea groups is 1. The number of carboxylic acids is 2. The topological polar surface area (TPSA) is 369 Å². The lowest BCUT2D eigenvalue weighted by Crippen LogP contribution is -2.69. The Labute approximate surface area is 274 Å². The Hall–Kier alpha value is -5.70. The maximum absolute atomic E-state index is 14.1. The van der Waals surface area contributed by atoms with Crippen molar-refractivity contribution in [1.82, 2.24) is 36.6 Å². The van der Waals surface area contributed by atoms with Gasteiger partial charge in [-0.05, 0) is 31.6 Å². The molecule has 22 heteroatoms. The minimum atomic E-state index is -3.00. The van der Waals surface area contributed by atoms with E-state index in [2.05, 4.69) is 26.6 Å². The Morgan fingerprint density at radius 1 is 0.938 bits per heavy atom. The highest BCUT2D eigenvalue weighted by atomic mass is 16.4. The molecule has 0 aromatic heterocycles. The Morgan fingerprint density at radius 2 is 1.46 bits per heavy atom. The molecular weight excluding hydrogens is 640 g/mol. The molecule has 1 rings (SSSR count). The predicted molar refractivity (Wildman–Crippen MR) is 165 cm³/mol. The molecule has 0 aromatic carbocycles. The van der Waals surface area contributed by atoms with Crippen molar-refractivity contribution in [3.63, 3.8) is 0 Å². The number of primary amides is 1. The van der Waals surface area contributed by atoms with Gasteiger partial charge < -0.3 is 54.0 Å². The number of carbonyl (C=O) groups is 8. The van der Waals surface area contributed by atoms with E-state index in [-0.39, 0.29) is 54.8 Å². The lowest BCUT2D eigenvalue weighted by molar-refractivity contribution is -0.179. The van der Waals surface area contributed by atoms with Crippen LogP contribution >= 0.6 is 0 Å². The van der Waals surface area contributed by atoms with Gasteiger partial charge in [-0.3, -0.25) is 44.4 Å². The van der Waals surface area contributed by atoms with E-state index in [1.165, 1.54) is 0 Å². The highest BCUT2D eigenvalue weighted by molar-refractivity contribution is 6.07. The maximum Gasteiger partial charge on any atom is 0.344 e. The van der Waals surface area contributed by atoms with Gasteiger partial charge in [-0.15, -0.1) is 0 Å². The van der Waals surface area contributed by atoms with Gasteiger partial charge in [0.05, 0.1) is 12.8 Å². The van der Waals surface area contributed by atoms with Gasteiger partial charge in [0.2, 0.25) is 23.6 Å². The molecule has 1 aliphatic heterocycles. The van der Waals surface area contributed by atoms with Crippen molar-refractivity contribution in [2.75, 3.05) is 13.1 Å². The molecule has 1 fully saturated rings. The maximum atomic E-state index is 14.1. The van der Waals surface area contributed by atoms with Crippen LogP contribution in [0.3, 0.4) is 0 Å². The molecule has 1 saturated heterocycles. The van der Waals surface area contributed by atoms with Gasteiger partial charge in [-0.1, -0.05) is 13.8 Å². The first-order chi connectivity index (χ1) is 22.2. The summed E-state index contributed by atoms with van der Waals surface area (Å²) in [5.41, 5.74) is 12.9. The second-order valence-corrected chi connectivity index (χ2v) is 11.3. The highest BCUT2D eigenvalue weighted by Crippen LogP contribution is 2.31. The summed E-state index contributed by atoms with van der Waals surface area (Å²) >= 11 is 0. The molecule has 22 nitrogen and oxygen atoms in total. The lowest BCUT2D eigenvalue weighted by Gasteiger charge is -2.43. The number of hydrazine groups is 1. The number of nitrogens with one attached hydrogen (secondary N) is 7. The van der Waals surface area contributed by atoms with Gasteiger partial charge in [-0.2, -0.15) is 5.01 Å². The molecule has 0 bridgehead atoms. The van der Waals surface area contributed by atoms with Crippen LogP contribution < -0.4 is 43.8 Å². The van der Waals surface area contributed by atoms with Crippen LogP contribution in [0.15, 0.2) is 0 Å². The zero-order valence-electron chi connectivity index (χ0n) is 26.8. The third-order valence-corrected chi connectivity index (χ3v) is 7.07. The molecule has 0 aliphatic carbocycles. The van der Waals surface area contributed by atoms with E-state index in [0.717, 1.165) is 6.92 Å². The summed E-state index contributed by atoms with van der Waals surface area (Å²) in [6.45, 7) is 4.05. The fraction of sp³-hybridized carbons (Fsp3) is 0.615. The van der Waals surface area contributed by atoms with Gasteiger partial charge in [-0.25, -0.2) is 9.80 Å². The third-order valence-electron chi connectivity index (χ3n) is 7.07. The van der Waals surface area contributed by atoms with Crippen LogP contribution in [-0.2, 0) is 33.6 Å². The summed E-state index contributed by atoms with van der Waals surface area (Å²) in [5, 5.41) is 46.4. The second kappa shape index (κ2) is 17.9. The number of imide groups is 1. The van der Waals surface area contributed by atoms with E-state index in [9.17, 15) is 48.6 Å². The molecule has 15 N–H and O–H groups in total. The van der Waals surface area contributed by atoms with Crippen LogP contribution in [0.25, 0.3) is 0 Å². The molecule has 0 spiro atoms. The Kier molecular flexibility index (Phi) is 15.0. The fourth-order valence-corrected chi connectivity index (χ4v) is 4.95. The molecule has 268 valence electrons. The standard InChI is InChI=1S/C26H44N12O10/c1-12(2)18(19(27)44)36-20(45)14(6-4-8-32-23(28)29)34-22(47)26(10-16(40)41,11-17(42)43)38(13(3)39)37-21(46)15(35-25(37)48)7-5-9-33-24(30)31/h12,14-15,18H,4-11H2,1-3H3,(H2,27,44)(H,34,47)(H,35,48)(H,36,45)(H,40,41)(H,42,43)(H4,28,29,32)(H4,30,31,33)/t14-,15-,18-/m0/s1. The molecule has 0 radical (unpaired) electrons. The first kappa shape index (κ1) is 40.3. The fourth-order valence-electron chi connectivity index (χ4n) is 4.95. The number of guanidine groups is 2. The summed E-state index contributed by atoms with van der Waals surface area (Å²) in [5.74, 6) is -10.7. The van der Waals surface area contributed by atoms with Crippen molar-refractivity contribution in [1.29, 1.82) is 10.8 Å². The van der Waals surface area contributed by atoms with E-state index < -0.39 is 95.9 Å². The molecule has 1 heterocycles. The third kappa shape index (κ3) is 11.3. The molecule has 48 heavy (non-hydrogen) atoms. The van der Waals surface area contributed by atoms with Gasteiger partial charge in [0.1, 0.15) is 18.1 Å². The predicted octanol–water partition coefficient (Wildman–Crippen LogP) is -4.00. The van der Waals surface area contributed by atoms with Crippen LogP contribution in [0.4, 0.5) is 4.79 Å². The van der Waals surface area contributed by atoms with Crippen molar-refractivity contribution in [3.05, 3.63) is 0 Å². The Bertz CT molecular complexity index is 1290. The van der Waals surface area contributed by atoms with Crippen molar-refractivity contribution < 1.29 is 48.6 Å². The summed E-state index contributed by atoms with van der Waals surface area (Å²) in [6, 6.07) is -5.40. The minimum absolute atomic E-state index is 0.0130. The van der Waals surface area contributed by atoms with Crippen molar-refractivity contribution in [2.24, 2.45) is 23.1 Å². The first-order valence-corrected chi connectivity index (χ1v) is 14.7. The van der Waals surface area contributed by atoms with Crippen molar-refractivity contribution in [2.45, 2.75) is 83.0 Å². The first-order valence-electron chi connectivity index (χ1n) is 14.7. The summed E-state index contributed by atoms with van der Waals surface area (Å²) < 4.78 is 0. The molecule has 3 atom stereocenters. The number of carboxylic acid groups (broad SMARTS) is 2. The van der Waals surface area contributed by atoms with Gasteiger partial charge in [0.25, 0.3) is 5.91 Å². The van der Waals surface area contributed by atoms with Gasteiger partial charge in [0.15, 0.2) is 17.5 Å². The van der Waals surface area contributed by atoms with Crippen LogP contribution in [0.5, 0.6) is 0 Å². The van der Waals surface area contributed by atoms with Crippen LogP contribution in [0, 0.1) is 16.7 Å². The summed E-state index contributed by atoms with van der Waals surface area (Å²) in [7, 11) is 0. The number of hydrogen-bond donors (Lipinski definition) is 12. The van der Waals surface area contributed by atoms with E-state index in [0.29, 0.717) is 0 Å². The number of rotatable bonds is 20. The van der Waals surface area contributed by atoms with E-state index in [4.69, 9.17) is 28.0 Å². The highest BCUT2D eigenvalue weighted by Gasteiger charge is 2.57. The summed E-state index contributed by atoms with van der Waals surface area (Å²) in [4.78, 5) is 103. The number of amides is 7. The van der Waals surface area contributed by atoms with Crippen molar-refractivity contribution >= 4 is 59.4 Å². The van der Waals surface area contributed by atoms with E-state index in [1.54, 1.807) is 13.8 Å². The average Bonchev–Trinajstić information content (AvgIpc) is 3.21. The quantitative estimate of drug-likeness (QED) is 0.0252. The normalized spacial score (nSPS) is 15.5. The molecule has 7 amide bonds. The SMILES string of the molecule is CC(=O)N(N1C(=O)N[C@@H](CCCNC(=N)N)C1=O)C(CC(=O)O)(CC(=O)O)C(=O)N[C@@H](CCCNC(=N)N)C(=O)N[C@H](C(N)=O)C(C)C. The zero-order valence-corrected chi connectivity index (χ0v) is 26.8. The molecule has 1 aliphatic rings. The van der Waals surface area contributed by atoms with Crippen molar-refractivity contribution in [3.8, 4) is 0 Å². The number of aliphatic carboxylic acids is 2. The smallest absolute Gasteiger partial charge is 0.344 e. The van der Waals surface area contributed by atoms with E-state index in [1.807, 2.05) is 0 Å².